The van der Waals surface area contributed by atoms with Gasteiger partial charge in [-0.1, -0.05) is 0 Å². The summed E-state index contributed by atoms with van der Waals surface area (Å²) >= 11 is 0. The number of rotatable bonds is 4. The highest BCUT2D eigenvalue weighted by Crippen LogP contribution is 2.18. The minimum absolute atomic E-state index is 0. The Balaban J connectivity index is 0.00000133. The molecule has 3 rings (SSSR count). The summed E-state index contributed by atoms with van der Waals surface area (Å²) in [6.07, 6.45) is 9.18. The molecule has 0 saturated heterocycles. The first-order valence-electron chi connectivity index (χ1n) is 6.92. The average molecular weight is 375 g/mol. The Kier molecular flexibility index (Phi) is 5.06. The number of fused-ring (bicyclic) bond motifs is 1. The van der Waals surface area contributed by atoms with Crippen molar-refractivity contribution < 1.29 is 0 Å². The van der Waals surface area contributed by atoms with Gasteiger partial charge in [-0.2, -0.15) is 0 Å². The largest absolute Gasteiger partial charge is 0.370 e. The number of imidazole rings is 1. The molecular weight excluding hydrogens is 353 g/mol. The second-order valence-corrected chi connectivity index (χ2v) is 5.23. The van der Waals surface area contributed by atoms with E-state index in [0.29, 0.717) is 12.0 Å². The monoisotopic (exact) mass is 375 g/mol. The number of halogens is 1. The van der Waals surface area contributed by atoms with Crippen LogP contribution in [0.3, 0.4) is 0 Å². The molecule has 0 bridgehead atoms. The number of nitrogens with one attached hydrogen (secondary N) is 1. The Bertz CT molecular complexity index is 426. The topological polar surface area (TPSA) is 68.2 Å². The normalized spacial score (nSPS) is 18.6. The van der Waals surface area contributed by atoms with E-state index in [1.54, 1.807) is 0 Å². The van der Waals surface area contributed by atoms with E-state index in [-0.39, 0.29) is 24.0 Å². The van der Waals surface area contributed by atoms with E-state index in [1.807, 2.05) is 0 Å². The smallest absolute Gasteiger partial charge is 0.188 e. The van der Waals surface area contributed by atoms with Crippen molar-refractivity contribution in [3.8, 4) is 0 Å². The van der Waals surface area contributed by atoms with Crippen LogP contribution in [-0.4, -0.2) is 28.1 Å². The fraction of sp³-hybridized carbons (Fsp3) is 0.692. The summed E-state index contributed by atoms with van der Waals surface area (Å²) in [4.78, 5) is 8.99. The Labute approximate surface area is 131 Å². The summed E-state index contributed by atoms with van der Waals surface area (Å²) in [6.45, 7) is 1.85. The Morgan fingerprint density at radius 2 is 2.32 bits per heavy atom. The number of guanidine groups is 1. The molecule has 0 atom stereocenters. The third-order valence-corrected chi connectivity index (χ3v) is 3.54. The van der Waals surface area contributed by atoms with Crippen LogP contribution in [0, 0.1) is 0 Å². The third-order valence-electron chi connectivity index (χ3n) is 3.54. The molecule has 1 aliphatic carbocycles. The lowest BCUT2D eigenvalue weighted by Crippen LogP contribution is -2.33. The lowest BCUT2D eigenvalue weighted by atomic mass is 10.2. The van der Waals surface area contributed by atoms with Crippen molar-refractivity contribution in [3.63, 3.8) is 0 Å². The Morgan fingerprint density at radius 1 is 1.47 bits per heavy atom. The maximum atomic E-state index is 5.79. The molecule has 2 aliphatic rings. The van der Waals surface area contributed by atoms with Gasteiger partial charge in [0.1, 0.15) is 5.82 Å². The molecule has 1 aliphatic heterocycles. The molecule has 0 radical (unpaired) electrons. The minimum Gasteiger partial charge on any atom is -0.370 e. The molecule has 0 amide bonds. The molecule has 106 valence electrons. The molecular formula is C13H22IN5. The van der Waals surface area contributed by atoms with Crippen LogP contribution in [-0.2, 0) is 19.4 Å². The van der Waals surface area contributed by atoms with Gasteiger partial charge in [0.15, 0.2) is 5.96 Å². The van der Waals surface area contributed by atoms with Gasteiger partial charge < -0.3 is 15.6 Å². The van der Waals surface area contributed by atoms with Crippen LogP contribution in [0.5, 0.6) is 0 Å². The van der Waals surface area contributed by atoms with Gasteiger partial charge in [-0.25, -0.2) is 4.98 Å². The number of hydrogen-bond donors (Lipinski definition) is 2. The molecule has 1 saturated carbocycles. The number of aromatic nitrogens is 2. The zero-order valence-corrected chi connectivity index (χ0v) is 13.5. The first-order chi connectivity index (χ1) is 8.81. The number of nitrogens with zero attached hydrogens (tertiary/aromatic N) is 3. The number of nitrogens with two attached hydrogens (primary N) is 1. The molecule has 0 spiro atoms. The highest BCUT2D eigenvalue weighted by Gasteiger charge is 2.21. The first-order valence-corrected chi connectivity index (χ1v) is 6.92. The van der Waals surface area contributed by atoms with Crippen molar-refractivity contribution in [1.29, 1.82) is 0 Å². The highest BCUT2D eigenvalue weighted by atomic mass is 127. The molecule has 19 heavy (non-hydrogen) atoms. The van der Waals surface area contributed by atoms with E-state index in [1.165, 1.54) is 31.5 Å². The molecule has 2 heterocycles. The van der Waals surface area contributed by atoms with E-state index in [0.717, 1.165) is 31.6 Å². The quantitative estimate of drug-likeness (QED) is 0.476. The van der Waals surface area contributed by atoms with E-state index in [2.05, 4.69) is 26.1 Å². The van der Waals surface area contributed by atoms with Gasteiger partial charge in [0, 0.05) is 38.2 Å². The fourth-order valence-electron chi connectivity index (χ4n) is 2.37. The summed E-state index contributed by atoms with van der Waals surface area (Å²) in [5, 5.41) is 3.19. The fourth-order valence-corrected chi connectivity index (χ4v) is 2.37. The molecule has 1 aromatic heterocycles. The zero-order valence-electron chi connectivity index (χ0n) is 11.1. The molecule has 5 nitrogen and oxygen atoms in total. The molecule has 1 aromatic rings. The molecule has 3 N–H and O–H groups in total. The second-order valence-electron chi connectivity index (χ2n) is 5.23. The summed E-state index contributed by atoms with van der Waals surface area (Å²) < 4.78 is 2.29. The van der Waals surface area contributed by atoms with Crippen LogP contribution < -0.4 is 11.1 Å². The Morgan fingerprint density at radius 3 is 3.05 bits per heavy atom. The highest BCUT2D eigenvalue weighted by molar-refractivity contribution is 14.0. The molecule has 1 fully saturated rings. The van der Waals surface area contributed by atoms with Crippen molar-refractivity contribution in [2.75, 3.05) is 6.54 Å². The molecule has 6 heteroatoms. The lowest BCUT2D eigenvalue weighted by Gasteiger charge is -2.11. The van der Waals surface area contributed by atoms with Crippen molar-refractivity contribution in [2.45, 2.75) is 51.1 Å². The first kappa shape index (κ1) is 14.6. The summed E-state index contributed by atoms with van der Waals surface area (Å²) in [5.41, 5.74) is 6.94. The summed E-state index contributed by atoms with van der Waals surface area (Å²) in [5.74, 6) is 1.82. The van der Waals surface area contributed by atoms with Crippen LogP contribution in [0.1, 0.15) is 37.2 Å². The lowest BCUT2D eigenvalue weighted by molar-refractivity contribution is 0.522. The number of aryl methyl sites for hydroxylation is 2. The number of aliphatic imine (C=N–C) groups is 1. The molecule has 0 unspecified atom stereocenters. The number of hydrogen-bond acceptors (Lipinski definition) is 2. The van der Waals surface area contributed by atoms with E-state index in [9.17, 15) is 0 Å². The van der Waals surface area contributed by atoms with Crippen LogP contribution >= 0.6 is 24.0 Å². The van der Waals surface area contributed by atoms with Gasteiger partial charge in [0.05, 0.1) is 5.69 Å². The van der Waals surface area contributed by atoms with Crippen molar-refractivity contribution in [1.82, 2.24) is 14.9 Å². The van der Waals surface area contributed by atoms with Gasteiger partial charge in [-0.15, -0.1) is 24.0 Å². The van der Waals surface area contributed by atoms with Crippen LogP contribution in [0.4, 0.5) is 0 Å². The summed E-state index contributed by atoms with van der Waals surface area (Å²) in [7, 11) is 0. The van der Waals surface area contributed by atoms with Crippen molar-refractivity contribution >= 4 is 29.9 Å². The Hall–Kier alpha value is -0.790. The summed E-state index contributed by atoms with van der Waals surface area (Å²) in [6, 6.07) is 0.577. The predicted octanol–water partition coefficient (Wildman–Crippen LogP) is 1.45. The maximum Gasteiger partial charge on any atom is 0.188 e. The van der Waals surface area contributed by atoms with Gasteiger partial charge in [0.25, 0.3) is 0 Å². The van der Waals surface area contributed by atoms with Gasteiger partial charge >= 0.3 is 0 Å². The van der Waals surface area contributed by atoms with Crippen LogP contribution in [0.25, 0.3) is 0 Å². The second kappa shape index (κ2) is 6.58. The SMILES string of the molecule is I.NC(=NCCc1cn2c(n1)CCCC2)NC1CC1. The van der Waals surface area contributed by atoms with Crippen molar-refractivity contribution in [2.24, 2.45) is 10.7 Å². The maximum absolute atomic E-state index is 5.79. The average Bonchev–Trinajstić information content (AvgIpc) is 3.07. The van der Waals surface area contributed by atoms with Gasteiger partial charge in [-0.05, 0) is 25.7 Å². The van der Waals surface area contributed by atoms with Crippen LogP contribution in [0.15, 0.2) is 11.2 Å². The predicted molar refractivity (Wildman–Crippen MR) is 86.9 cm³/mol. The van der Waals surface area contributed by atoms with Crippen LogP contribution in [0.2, 0.25) is 0 Å². The van der Waals surface area contributed by atoms with E-state index >= 15 is 0 Å². The van der Waals surface area contributed by atoms with E-state index in [4.69, 9.17) is 5.73 Å². The minimum atomic E-state index is 0. The van der Waals surface area contributed by atoms with Gasteiger partial charge in [0.2, 0.25) is 0 Å². The zero-order chi connectivity index (χ0) is 12.4. The standard InChI is InChI=1S/C13H21N5.HI/c14-13(17-10-4-5-10)15-7-6-11-9-18-8-2-1-3-12(18)16-11;/h9-10H,1-8H2,(H3,14,15,17);1H. The molecule has 0 aromatic carbocycles. The van der Waals surface area contributed by atoms with Gasteiger partial charge in [-0.3, -0.25) is 4.99 Å². The third kappa shape index (κ3) is 4.09. The van der Waals surface area contributed by atoms with E-state index < -0.39 is 0 Å². The van der Waals surface area contributed by atoms with Crippen molar-refractivity contribution in [3.05, 3.63) is 17.7 Å².